The van der Waals surface area contributed by atoms with Crippen LogP contribution in [0.15, 0.2) is 0 Å². The average Bonchev–Trinajstić information content (AvgIpc) is 2.93. The van der Waals surface area contributed by atoms with E-state index < -0.39 is 6.10 Å². The number of aliphatic hydroxyl groups is 1. The number of rotatable bonds is 31. The largest absolute Gasteiger partial charge is 0.462 e. The van der Waals surface area contributed by atoms with Gasteiger partial charge in [0.05, 0.1) is 6.61 Å². The molecule has 0 aromatic heterocycles. The van der Waals surface area contributed by atoms with Gasteiger partial charge >= 0.3 is 11.9 Å². The lowest BCUT2D eigenvalue weighted by atomic mass is 10.1. The fourth-order valence-corrected chi connectivity index (χ4v) is 4.85. The summed E-state index contributed by atoms with van der Waals surface area (Å²) >= 11 is 0. The first-order chi connectivity index (χ1) is 19.1. The molecule has 0 aromatic rings. The van der Waals surface area contributed by atoms with Crippen LogP contribution in [0.5, 0.6) is 0 Å². The Balaban J connectivity index is 0. The first-order valence-corrected chi connectivity index (χ1v) is 16.8. The lowest BCUT2D eigenvalue weighted by Gasteiger charge is -2.18. The molecule has 0 aliphatic rings. The van der Waals surface area contributed by atoms with Crippen molar-refractivity contribution in [3.8, 4) is 0 Å². The third kappa shape index (κ3) is 31.9. The van der Waals surface area contributed by atoms with Gasteiger partial charge in [-0.2, -0.15) is 0 Å². The van der Waals surface area contributed by atoms with Crippen LogP contribution in [0.25, 0.3) is 0 Å². The van der Waals surface area contributed by atoms with Gasteiger partial charge < -0.3 is 19.9 Å². The predicted octanol–water partition coefficient (Wildman–Crippen LogP) is 9.00. The zero-order chi connectivity index (χ0) is 28.7. The van der Waals surface area contributed by atoms with Crippen molar-refractivity contribution in [3.05, 3.63) is 0 Å². The van der Waals surface area contributed by atoms with Crippen LogP contribution in [-0.4, -0.2) is 49.5 Å². The zero-order valence-electron chi connectivity index (χ0n) is 26.4. The van der Waals surface area contributed by atoms with E-state index >= 15 is 0 Å². The summed E-state index contributed by atoms with van der Waals surface area (Å²) in [4.78, 5) is 24.5. The number of carbonyl (C=O) groups excluding carboxylic acids is 2. The topological polar surface area (TPSA) is 84.9 Å². The molecule has 1 atom stereocenters. The number of halogens is 1. The number of aliphatic hydroxyl groups excluding tert-OH is 1. The highest BCUT2D eigenvalue weighted by Crippen LogP contribution is 2.14. The van der Waals surface area contributed by atoms with E-state index in [1.165, 1.54) is 116 Å². The fraction of sp³-hybridized carbons (Fsp3) is 0.939. The summed E-state index contributed by atoms with van der Waals surface area (Å²) in [5.74, 6) is -0.456. The van der Waals surface area contributed by atoms with Crippen LogP contribution in [0.2, 0.25) is 0 Å². The summed E-state index contributed by atoms with van der Waals surface area (Å²) in [5, 5.41) is 12.1. The molecule has 6 nitrogen and oxygen atoms in total. The van der Waals surface area contributed by atoms with Crippen LogP contribution in [0, 0.1) is 0 Å². The number of carbonyl (C=O) groups is 2. The van der Waals surface area contributed by atoms with Crippen LogP contribution in [0.1, 0.15) is 168 Å². The van der Waals surface area contributed by atoms with Crippen molar-refractivity contribution in [2.24, 2.45) is 0 Å². The molecule has 0 spiro atoms. The summed E-state index contributed by atoms with van der Waals surface area (Å²) in [5.41, 5.74) is 0. The van der Waals surface area contributed by atoms with Crippen molar-refractivity contribution in [2.45, 2.75) is 174 Å². The average molecular weight is 637 g/mol. The highest BCUT2D eigenvalue weighted by molar-refractivity contribution is 8.93. The maximum absolute atomic E-state index is 12.3. The Labute approximate surface area is 258 Å². The van der Waals surface area contributed by atoms with E-state index in [0.717, 1.165) is 25.7 Å². The smallest absolute Gasteiger partial charge is 0.306 e. The molecular formula is C33H66BrNO5. The molecule has 0 saturated carbocycles. The first kappa shape index (κ1) is 41.5. The highest BCUT2D eigenvalue weighted by Gasteiger charge is 2.16. The van der Waals surface area contributed by atoms with Crippen molar-refractivity contribution in [1.29, 1.82) is 0 Å². The van der Waals surface area contributed by atoms with E-state index in [0.29, 0.717) is 25.9 Å². The van der Waals surface area contributed by atoms with Gasteiger partial charge in [-0.3, -0.25) is 9.59 Å². The summed E-state index contributed by atoms with van der Waals surface area (Å²) in [6.07, 6.45) is 27.6. The molecular weight excluding hydrogens is 570 g/mol. The van der Waals surface area contributed by atoms with Gasteiger partial charge in [0.25, 0.3) is 0 Å². The minimum Gasteiger partial charge on any atom is -0.462 e. The monoisotopic (exact) mass is 635 g/mol. The lowest BCUT2D eigenvalue weighted by molar-refractivity contribution is -0.159. The molecule has 0 aromatic carbocycles. The Kier molecular flexibility index (Phi) is 35.8. The molecule has 0 fully saturated rings. The number of nitrogens with one attached hydrogen (secondary N) is 1. The van der Waals surface area contributed by atoms with Gasteiger partial charge in [-0.1, -0.05) is 142 Å². The maximum atomic E-state index is 12.3. The second-order valence-corrected chi connectivity index (χ2v) is 11.3. The Hall–Kier alpha value is -0.660. The van der Waals surface area contributed by atoms with Crippen LogP contribution in [-0.2, 0) is 19.1 Å². The van der Waals surface area contributed by atoms with Gasteiger partial charge in [-0.05, 0) is 12.8 Å². The SMILES string of the molecule is Br.CCCCCCCCCCCCCC(=O)OCC(CNCCO)OC(=O)CCCCCCCCCCCCC. The van der Waals surface area contributed by atoms with Crippen molar-refractivity contribution in [1.82, 2.24) is 5.32 Å². The summed E-state index contributed by atoms with van der Waals surface area (Å²) in [6.45, 7) is 5.37. The molecule has 2 N–H and O–H groups in total. The standard InChI is InChI=1S/C33H65NO5.BrH/c1-3-5-7-9-11-13-15-17-19-21-23-25-32(36)38-30-31(29-34-27-28-35)39-33(37)26-24-22-20-18-16-14-12-10-8-6-4-2;/h31,34-35H,3-30H2,1-2H3;1H. The molecule has 0 amide bonds. The molecule has 0 bridgehead atoms. The van der Waals surface area contributed by atoms with E-state index in [-0.39, 0.29) is 42.1 Å². The highest BCUT2D eigenvalue weighted by atomic mass is 79.9. The van der Waals surface area contributed by atoms with Crippen LogP contribution in [0.3, 0.4) is 0 Å². The van der Waals surface area contributed by atoms with E-state index in [1.54, 1.807) is 0 Å². The maximum Gasteiger partial charge on any atom is 0.306 e. The molecule has 1 unspecified atom stereocenters. The molecule has 240 valence electrons. The molecule has 40 heavy (non-hydrogen) atoms. The third-order valence-corrected chi connectivity index (χ3v) is 7.36. The first-order valence-electron chi connectivity index (χ1n) is 16.8. The van der Waals surface area contributed by atoms with Gasteiger partial charge in [0.2, 0.25) is 0 Å². The van der Waals surface area contributed by atoms with E-state index in [1.807, 2.05) is 0 Å². The minimum atomic E-state index is -0.516. The van der Waals surface area contributed by atoms with E-state index in [4.69, 9.17) is 14.6 Å². The molecule has 0 aliphatic heterocycles. The fourth-order valence-electron chi connectivity index (χ4n) is 4.85. The number of hydrogen-bond acceptors (Lipinski definition) is 6. The summed E-state index contributed by atoms with van der Waals surface area (Å²) in [7, 11) is 0. The zero-order valence-corrected chi connectivity index (χ0v) is 28.1. The Morgan fingerprint density at radius 2 is 0.975 bits per heavy atom. The molecule has 0 radical (unpaired) electrons. The van der Waals surface area contributed by atoms with Crippen LogP contribution in [0.4, 0.5) is 0 Å². The summed E-state index contributed by atoms with van der Waals surface area (Å²) in [6, 6.07) is 0. The Morgan fingerprint density at radius 1 is 0.600 bits per heavy atom. The lowest BCUT2D eigenvalue weighted by Crippen LogP contribution is -2.36. The number of ether oxygens (including phenoxy) is 2. The number of unbranched alkanes of at least 4 members (excludes halogenated alkanes) is 20. The number of esters is 2. The van der Waals surface area contributed by atoms with Crippen molar-refractivity contribution < 1.29 is 24.2 Å². The molecule has 0 rings (SSSR count). The second kappa shape index (κ2) is 34.5. The van der Waals surface area contributed by atoms with Crippen LogP contribution >= 0.6 is 17.0 Å². The Morgan fingerprint density at radius 3 is 1.38 bits per heavy atom. The molecule has 0 saturated heterocycles. The summed E-state index contributed by atoms with van der Waals surface area (Å²) < 4.78 is 11.0. The van der Waals surface area contributed by atoms with Crippen molar-refractivity contribution >= 4 is 28.9 Å². The van der Waals surface area contributed by atoms with Gasteiger partial charge in [0.1, 0.15) is 12.7 Å². The normalized spacial score (nSPS) is 11.7. The molecule has 0 heterocycles. The van der Waals surface area contributed by atoms with E-state index in [9.17, 15) is 9.59 Å². The van der Waals surface area contributed by atoms with E-state index in [2.05, 4.69) is 19.2 Å². The second-order valence-electron chi connectivity index (χ2n) is 11.3. The molecule has 7 heteroatoms. The van der Waals surface area contributed by atoms with Crippen molar-refractivity contribution in [2.75, 3.05) is 26.3 Å². The molecule has 0 aliphatic carbocycles. The minimum absolute atomic E-state index is 0. The Bertz CT molecular complexity index is 535. The van der Waals surface area contributed by atoms with Crippen molar-refractivity contribution in [3.63, 3.8) is 0 Å². The van der Waals surface area contributed by atoms with Gasteiger partial charge in [-0.25, -0.2) is 0 Å². The third-order valence-electron chi connectivity index (χ3n) is 7.36. The quantitative estimate of drug-likeness (QED) is 0.0584. The predicted molar refractivity (Wildman–Crippen MR) is 173 cm³/mol. The van der Waals surface area contributed by atoms with Crippen LogP contribution < -0.4 is 5.32 Å². The van der Waals surface area contributed by atoms with Gasteiger partial charge in [0, 0.05) is 25.9 Å². The van der Waals surface area contributed by atoms with Gasteiger partial charge in [0.15, 0.2) is 0 Å². The number of hydrogen-bond donors (Lipinski definition) is 2. The van der Waals surface area contributed by atoms with Gasteiger partial charge in [-0.15, -0.1) is 17.0 Å².